The molecular weight excluding hydrogens is 390 g/mol. The van der Waals surface area contributed by atoms with Crippen LogP contribution in [0.25, 0.3) is 15.8 Å². The van der Waals surface area contributed by atoms with Crippen molar-refractivity contribution in [1.29, 1.82) is 0 Å². The van der Waals surface area contributed by atoms with Crippen LogP contribution in [0.15, 0.2) is 59.7 Å². The van der Waals surface area contributed by atoms with E-state index >= 15 is 0 Å². The third kappa shape index (κ3) is 2.41. The SMILES string of the molecule is Fc1cccc2cc(C3=NCc4c(Cl)cc(Cl)cc4-n4cccc43)sc12. The summed E-state index contributed by atoms with van der Waals surface area (Å²) >= 11 is 14.1. The maximum absolute atomic E-state index is 14.1. The minimum atomic E-state index is -0.207. The normalized spacial score (nSPS) is 13.3. The van der Waals surface area contributed by atoms with Gasteiger partial charge in [0.05, 0.1) is 33.2 Å². The Labute approximate surface area is 163 Å². The van der Waals surface area contributed by atoms with Gasteiger partial charge in [0.1, 0.15) is 5.82 Å². The summed E-state index contributed by atoms with van der Waals surface area (Å²) in [4.78, 5) is 5.75. The van der Waals surface area contributed by atoms with E-state index in [0.717, 1.165) is 32.9 Å². The van der Waals surface area contributed by atoms with Crippen molar-refractivity contribution in [1.82, 2.24) is 4.57 Å². The number of fused-ring (bicyclic) bond motifs is 4. The van der Waals surface area contributed by atoms with E-state index in [9.17, 15) is 4.39 Å². The van der Waals surface area contributed by atoms with Crippen molar-refractivity contribution in [2.45, 2.75) is 6.54 Å². The molecule has 0 fully saturated rings. The van der Waals surface area contributed by atoms with Gasteiger partial charge in [-0.2, -0.15) is 0 Å². The fraction of sp³-hybridized carbons (Fsp3) is 0.0500. The summed E-state index contributed by atoms with van der Waals surface area (Å²) in [6.07, 6.45) is 1.97. The van der Waals surface area contributed by atoms with Gasteiger partial charge < -0.3 is 4.57 Å². The van der Waals surface area contributed by atoms with Crippen LogP contribution in [0.1, 0.15) is 16.1 Å². The van der Waals surface area contributed by atoms with Crippen LogP contribution in [0.2, 0.25) is 10.0 Å². The lowest BCUT2D eigenvalue weighted by molar-refractivity contribution is 0.642. The molecule has 3 heterocycles. The van der Waals surface area contributed by atoms with Crippen molar-refractivity contribution in [3.05, 3.63) is 86.7 Å². The first kappa shape index (κ1) is 16.1. The van der Waals surface area contributed by atoms with Gasteiger partial charge in [-0.1, -0.05) is 35.3 Å². The second-order valence-electron chi connectivity index (χ2n) is 6.08. The largest absolute Gasteiger partial charge is 0.315 e. The van der Waals surface area contributed by atoms with E-state index in [4.69, 9.17) is 28.2 Å². The van der Waals surface area contributed by atoms with Crippen LogP contribution in [0.4, 0.5) is 4.39 Å². The summed E-state index contributed by atoms with van der Waals surface area (Å²) in [5, 5.41) is 2.06. The van der Waals surface area contributed by atoms with Crippen LogP contribution in [-0.4, -0.2) is 10.3 Å². The predicted molar refractivity (Wildman–Crippen MR) is 107 cm³/mol. The zero-order valence-corrected chi connectivity index (χ0v) is 15.7. The lowest BCUT2D eigenvalue weighted by Gasteiger charge is -2.12. The number of nitrogens with zero attached hydrogens (tertiary/aromatic N) is 2. The average Bonchev–Trinajstić information content (AvgIpc) is 3.22. The molecule has 2 aromatic heterocycles. The molecular formula is C20H11Cl2FN2S. The number of aliphatic imine (C=N–C) groups is 1. The molecule has 0 saturated heterocycles. The van der Waals surface area contributed by atoms with Crippen LogP contribution >= 0.6 is 34.5 Å². The first-order valence-electron chi connectivity index (χ1n) is 8.01. The highest BCUT2D eigenvalue weighted by atomic mass is 35.5. The second kappa shape index (κ2) is 5.95. The molecule has 5 rings (SSSR count). The van der Waals surface area contributed by atoms with E-state index in [2.05, 4.69) is 0 Å². The molecule has 128 valence electrons. The van der Waals surface area contributed by atoms with E-state index in [-0.39, 0.29) is 5.82 Å². The molecule has 0 radical (unpaired) electrons. The van der Waals surface area contributed by atoms with Gasteiger partial charge >= 0.3 is 0 Å². The van der Waals surface area contributed by atoms with Gasteiger partial charge in [-0.15, -0.1) is 11.3 Å². The summed E-state index contributed by atoms with van der Waals surface area (Å²) < 4.78 is 16.8. The molecule has 0 aliphatic carbocycles. The van der Waals surface area contributed by atoms with E-state index < -0.39 is 0 Å². The average molecular weight is 401 g/mol. The zero-order chi connectivity index (χ0) is 17.8. The molecule has 4 aromatic rings. The van der Waals surface area contributed by atoms with E-state index in [1.54, 1.807) is 12.1 Å². The molecule has 1 aliphatic heterocycles. The first-order valence-corrected chi connectivity index (χ1v) is 9.58. The van der Waals surface area contributed by atoms with Crippen molar-refractivity contribution in [2.75, 3.05) is 0 Å². The van der Waals surface area contributed by atoms with Crippen LogP contribution in [0.5, 0.6) is 0 Å². The number of rotatable bonds is 1. The molecule has 1 aliphatic rings. The Morgan fingerprint density at radius 3 is 2.81 bits per heavy atom. The van der Waals surface area contributed by atoms with Gasteiger partial charge in [-0.25, -0.2) is 4.39 Å². The van der Waals surface area contributed by atoms with E-state index in [1.807, 2.05) is 41.1 Å². The predicted octanol–water partition coefficient (Wildman–Crippen LogP) is 6.49. The van der Waals surface area contributed by atoms with Crippen molar-refractivity contribution < 1.29 is 4.39 Å². The molecule has 0 amide bonds. The Kier molecular flexibility index (Phi) is 3.67. The number of thiophene rings is 1. The summed E-state index contributed by atoms with van der Waals surface area (Å²) in [6, 6.07) is 14.7. The quantitative estimate of drug-likeness (QED) is 0.347. The number of benzene rings is 2. The van der Waals surface area contributed by atoms with Gasteiger partial charge in [0.25, 0.3) is 0 Å². The molecule has 0 saturated carbocycles. The Morgan fingerprint density at radius 1 is 1.08 bits per heavy atom. The fourth-order valence-electron chi connectivity index (χ4n) is 3.33. The van der Waals surface area contributed by atoms with Crippen molar-refractivity contribution in [2.24, 2.45) is 4.99 Å². The number of hydrogen-bond donors (Lipinski definition) is 0. The van der Waals surface area contributed by atoms with Crippen molar-refractivity contribution >= 4 is 50.3 Å². The first-order chi connectivity index (χ1) is 12.6. The lowest BCUT2D eigenvalue weighted by Crippen LogP contribution is -2.06. The highest BCUT2D eigenvalue weighted by Gasteiger charge is 2.22. The van der Waals surface area contributed by atoms with Gasteiger partial charge in [0, 0.05) is 21.8 Å². The summed E-state index contributed by atoms with van der Waals surface area (Å²) in [7, 11) is 0. The summed E-state index contributed by atoms with van der Waals surface area (Å²) in [5.41, 5.74) is 3.62. The Morgan fingerprint density at radius 2 is 1.96 bits per heavy atom. The number of halogens is 3. The van der Waals surface area contributed by atoms with Gasteiger partial charge in [-0.3, -0.25) is 4.99 Å². The highest BCUT2D eigenvalue weighted by molar-refractivity contribution is 7.21. The number of hydrogen-bond acceptors (Lipinski definition) is 2. The fourth-order valence-corrected chi connectivity index (χ4v) is 4.96. The van der Waals surface area contributed by atoms with E-state index in [1.165, 1.54) is 17.4 Å². The molecule has 2 aromatic carbocycles. The molecule has 0 bridgehead atoms. The molecule has 0 unspecified atom stereocenters. The molecule has 6 heteroatoms. The Hall–Kier alpha value is -2.14. The van der Waals surface area contributed by atoms with Crippen LogP contribution in [-0.2, 0) is 6.54 Å². The third-order valence-electron chi connectivity index (χ3n) is 4.51. The van der Waals surface area contributed by atoms with Crippen molar-refractivity contribution in [3.63, 3.8) is 0 Å². The third-order valence-corrected chi connectivity index (χ3v) is 6.23. The second-order valence-corrected chi connectivity index (χ2v) is 7.98. The van der Waals surface area contributed by atoms with Crippen LogP contribution in [0, 0.1) is 5.82 Å². The van der Waals surface area contributed by atoms with Crippen molar-refractivity contribution in [3.8, 4) is 5.69 Å². The summed E-state index contributed by atoms with van der Waals surface area (Å²) in [5.74, 6) is -0.207. The maximum atomic E-state index is 14.1. The van der Waals surface area contributed by atoms with Crippen LogP contribution < -0.4 is 0 Å². The molecule has 0 spiro atoms. The maximum Gasteiger partial charge on any atom is 0.141 e. The molecule has 0 N–H and O–H groups in total. The minimum absolute atomic E-state index is 0.207. The molecule has 2 nitrogen and oxygen atoms in total. The van der Waals surface area contributed by atoms with Gasteiger partial charge in [0.2, 0.25) is 0 Å². The Balaban J connectivity index is 1.75. The topological polar surface area (TPSA) is 17.3 Å². The van der Waals surface area contributed by atoms with Crippen LogP contribution in [0.3, 0.4) is 0 Å². The monoisotopic (exact) mass is 400 g/mol. The minimum Gasteiger partial charge on any atom is -0.315 e. The van der Waals surface area contributed by atoms with E-state index in [0.29, 0.717) is 21.3 Å². The zero-order valence-electron chi connectivity index (χ0n) is 13.3. The smallest absolute Gasteiger partial charge is 0.141 e. The molecule has 0 atom stereocenters. The van der Waals surface area contributed by atoms with Gasteiger partial charge in [0.15, 0.2) is 0 Å². The summed E-state index contributed by atoms with van der Waals surface area (Å²) in [6.45, 7) is 0.444. The van der Waals surface area contributed by atoms with Gasteiger partial charge in [-0.05, 0) is 41.8 Å². The molecule has 26 heavy (non-hydrogen) atoms. The number of aromatic nitrogens is 1. The Bertz CT molecular complexity index is 1210. The standard InChI is InChI=1S/C20H11Cl2FN2S/c21-12-8-14(22)13-10-24-19(16-5-2-6-25(16)17(13)9-12)18-7-11-3-1-4-15(23)20(11)26-18/h1-9H,10H2. The lowest BCUT2D eigenvalue weighted by atomic mass is 10.1. The highest BCUT2D eigenvalue weighted by Crippen LogP contribution is 2.35.